The van der Waals surface area contributed by atoms with E-state index in [4.69, 9.17) is 10.1 Å². The number of aryl methyl sites for hydroxylation is 1. The Balaban J connectivity index is 1.53. The molecule has 2 aromatic rings. The van der Waals surface area contributed by atoms with Gasteiger partial charge in [-0.15, -0.1) is 11.3 Å². The molecule has 7 nitrogen and oxygen atoms in total. The third-order valence-corrected chi connectivity index (χ3v) is 6.91. The van der Waals surface area contributed by atoms with Gasteiger partial charge in [-0.1, -0.05) is 13.3 Å². The molecule has 2 fully saturated rings. The first kappa shape index (κ1) is 19.4. The van der Waals surface area contributed by atoms with E-state index in [1.54, 1.807) is 11.3 Å². The molecule has 3 heterocycles. The van der Waals surface area contributed by atoms with Crippen molar-refractivity contribution in [3.8, 4) is 0 Å². The summed E-state index contributed by atoms with van der Waals surface area (Å²) < 4.78 is 0. The molecule has 1 aliphatic carbocycles. The molecule has 0 radical (unpaired) electrons. The van der Waals surface area contributed by atoms with Gasteiger partial charge in [-0.05, 0) is 31.7 Å². The van der Waals surface area contributed by atoms with Gasteiger partial charge >= 0.3 is 0 Å². The first-order valence-electron chi connectivity index (χ1n) is 10.4. The number of piperazine rings is 1. The SMILES string of the molecule is CCc1cc2c(N3CCN(C(=O)C4CCC4)CC3)nc(NCCCO)nc2s1. The van der Waals surface area contributed by atoms with Gasteiger partial charge in [0.2, 0.25) is 11.9 Å². The van der Waals surface area contributed by atoms with Crippen molar-refractivity contribution >= 4 is 39.2 Å². The third-order valence-electron chi connectivity index (χ3n) is 5.74. The number of aliphatic hydroxyl groups excluding tert-OH is 1. The molecule has 1 saturated carbocycles. The summed E-state index contributed by atoms with van der Waals surface area (Å²) in [6.07, 6.45) is 4.96. The lowest BCUT2D eigenvalue weighted by atomic mass is 9.84. The van der Waals surface area contributed by atoms with Gasteiger partial charge in [-0.25, -0.2) is 4.98 Å². The fourth-order valence-electron chi connectivity index (χ4n) is 3.78. The fourth-order valence-corrected chi connectivity index (χ4v) is 4.74. The summed E-state index contributed by atoms with van der Waals surface area (Å²) in [6.45, 7) is 6.09. The van der Waals surface area contributed by atoms with Crippen molar-refractivity contribution in [2.24, 2.45) is 5.92 Å². The minimum Gasteiger partial charge on any atom is -0.396 e. The van der Waals surface area contributed by atoms with Crippen LogP contribution in [0.15, 0.2) is 6.07 Å². The number of aliphatic hydroxyl groups is 1. The molecule has 0 unspecified atom stereocenters. The lowest BCUT2D eigenvalue weighted by Crippen LogP contribution is -2.51. The van der Waals surface area contributed by atoms with Crippen LogP contribution >= 0.6 is 11.3 Å². The molecule has 8 heteroatoms. The minimum absolute atomic E-state index is 0.151. The predicted molar refractivity (Wildman–Crippen MR) is 113 cm³/mol. The quantitative estimate of drug-likeness (QED) is 0.692. The highest BCUT2D eigenvalue weighted by molar-refractivity contribution is 7.18. The van der Waals surface area contributed by atoms with Crippen molar-refractivity contribution < 1.29 is 9.90 Å². The number of fused-ring (bicyclic) bond motifs is 1. The van der Waals surface area contributed by atoms with Gasteiger partial charge in [0.1, 0.15) is 10.6 Å². The molecular weight excluding hydrogens is 374 g/mol. The van der Waals surface area contributed by atoms with E-state index in [2.05, 4.69) is 28.2 Å². The first-order chi connectivity index (χ1) is 13.7. The van der Waals surface area contributed by atoms with E-state index in [0.29, 0.717) is 24.8 Å². The second-order valence-electron chi connectivity index (χ2n) is 7.60. The van der Waals surface area contributed by atoms with Gasteiger partial charge in [0.15, 0.2) is 0 Å². The Morgan fingerprint density at radius 2 is 2.07 bits per heavy atom. The van der Waals surface area contributed by atoms with Crippen LogP contribution in [0.5, 0.6) is 0 Å². The van der Waals surface area contributed by atoms with Crippen LogP contribution in [0.1, 0.15) is 37.5 Å². The van der Waals surface area contributed by atoms with E-state index in [1.807, 2.05) is 4.90 Å². The predicted octanol–water partition coefficient (Wildman–Crippen LogP) is 2.50. The summed E-state index contributed by atoms with van der Waals surface area (Å²) >= 11 is 1.72. The number of carbonyl (C=O) groups is 1. The van der Waals surface area contributed by atoms with Crippen LogP contribution in [0.4, 0.5) is 11.8 Å². The van der Waals surface area contributed by atoms with E-state index < -0.39 is 0 Å². The highest BCUT2D eigenvalue weighted by Gasteiger charge is 2.31. The van der Waals surface area contributed by atoms with Crippen molar-refractivity contribution in [1.82, 2.24) is 14.9 Å². The summed E-state index contributed by atoms with van der Waals surface area (Å²) in [6, 6.07) is 2.21. The van der Waals surface area contributed by atoms with Crippen LogP contribution in [-0.2, 0) is 11.2 Å². The van der Waals surface area contributed by atoms with E-state index in [0.717, 1.165) is 61.5 Å². The number of thiophene rings is 1. The summed E-state index contributed by atoms with van der Waals surface area (Å²) in [7, 11) is 0. The van der Waals surface area contributed by atoms with Crippen LogP contribution in [-0.4, -0.2) is 65.2 Å². The molecule has 0 spiro atoms. The zero-order chi connectivity index (χ0) is 19.5. The molecule has 1 aliphatic heterocycles. The van der Waals surface area contributed by atoms with Gasteiger partial charge in [0, 0.05) is 50.1 Å². The van der Waals surface area contributed by atoms with Crippen LogP contribution in [0, 0.1) is 5.92 Å². The number of nitrogens with zero attached hydrogens (tertiary/aromatic N) is 4. The molecule has 0 bridgehead atoms. The van der Waals surface area contributed by atoms with Crippen molar-refractivity contribution in [1.29, 1.82) is 0 Å². The van der Waals surface area contributed by atoms with Gasteiger partial charge in [0.05, 0.1) is 5.39 Å². The standard InChI is InChI=1S/C20H29N5O2S/c1-2-15-13-16-17(22-20(21-7-4-12-26)23-18(16)28-15)24-8-10-25(11-9-24)19(27)14-5-3-6-14/h13-14,26H,2-12H2,1H3,(H,21,22,23). The number of hydrogen-bond acceptors (Lipinski definition) is 7. The maximum absolute atomic E-state index is 12.5. The zero-order valence-electron chi connectivity index (χ0n) is 16.5. The molecule has 0 aromatic carbocycles. The van der Waals surface area contributed by atoms with Gasteiger partial charge < -0.3 is 20.2 Å². The maximum Gasteiger partial charge on any atom is 0.226 e. The number of amides is 1. The third kappa shape index (κ3) is 3.93. The van der Waals surface area contributed by atoms with E-state index >= 15 is 0 Å². The van der Waals surface area contributed by atoms with Crippen molar-refractivity contribution in [3.63, 3.8) is 0 Å². The van der Waals surface area contributed by atoms with Crippen molar-refractivity contribution in [2.75, 3.05) is 49.5 Å². The lowest BCUT2D eigenvalue weighted by molar-refractivity contribution is -0.138. The molecule has 1 saturated heterocycles. The van der Waals surface area contributed by atoms with E-state index in [-0.39, 0.29) is 12.5 Å². The van der Waals surface area contributed by atoms with Gasteiger partial charge in [0.25, 0.3) is 0 Å². The molecule has 4 rings (SSSR count). The van der Waals surface area contributed by atoms with Gasteiger partial charge in [-0.3, -0.25) is 4.79 Å². The minimum atomic E-state index is 0.151. The molecular formula is C20H29N5O2S. The normalized spacial score (nSPS) is 17.8. The fraction of sp³-hybridized carbons (Fsp3) is 0.650. The number of nitrogens with one attached hydrogen (secondary N) is 1. The van der Waals surface area contributed by atoms with E-state index in [1.165, 1.54) is 11.3 Å². The molecule has 2 aromatic heterocycles. The molecule has 2 aliphatic rings. The highest BCUT2D eigenvalue weighted by atomic mass is 32.1. The number of rotatable bonds is 7. The molecule has 2 N–H and O–H groups in total. The number of anilines is 2. The monoisotopic (exact) mass is 403 g/mol. The zero-order valence-corrected chi connectivity index (χ0v) is 17.3. The topological polar surface area (TPSA) is 81.6 Å². The van der Waals surface area contributed by atoms with Crippen molar-refractivity contribution in [3.05, 3.63) is 10.9 Å². The Morgan fingerprint density at radius 3 is 2.71 bits per heavy atom. The summed E-state index contributed by atoms with van der Waals surface area (Å²) in [4.78, 5) is 28.6. The lowest BCUT2D eigenvalue weighted by Gasteiger charge is -2.38. The average Bonchev–Trinajstić information content (AvgIpc) is 3.09. The van der Waals surface area contributed by atoms with Crippen LogP contribution in [0.25, 0.3) is 10.2 Å². The first-order valence-corrected chi connectivity index (χ1v) is 11.2. The Bertz CT molecular complexity index is 827. The highest BCUT2D eigenvalue weighted by Crippen LogP contribution is 2.33. The molecule has 152 valence electrons. The summed E-state index contributed by atoms with van der Waals surface area (Å²) in [5.74, 6) is 2.19. The van der Waals surface area contributed by atoms with Crippen LogP contribution in [0.3, 0.4) is 0 Å². The molecule has 0 atom stereocenters. The number of carbonyl (C=O) groups excluding carboxylic acids is 1. The second-order valence-corrected chi connectivity index (χ2v) is 8.72. The number of aromatic nitrogens is 2. The Morgan fingerprint density at radius 1 is 1.29 bits per heavy atom. The number of hydrogen-bond donors (Lipinski definition) is 2. The van der Waals surface area contributed by atoms with E-state index in [9.17, 15) is 4.79 Å². The second kappa shape index (κ2) is 8.61. The smallest absolute Gasteiger partial charge is 0.226 e. The summed E-state index contributed by atoms with van der Waals surface area (Å²) in [5, 5.41) is 13.4. The van der Waals surface area contributed by atoms with Crippen molar-refractivity contribution in [2.45, 2.75) is 39.0 Å². The van der Waals surface area contributed by atoms with Crippen LogP contribution < -0.4 is 10.2 Å². The Hall–Kier alpha value is -1.93. The molecule has 1 amide bonds. The largest absolute Gasteiger partial charge is 0.396 e. The molecule has 28 heavy (non-hydrogen) atoms. The Labute approximate surface area is 169 Å². The van der Waals surface area contributed by atoms with Gasteiger partial charge in [-0.2, -0.15) is 4.98 Å². The van der Waals surface area contributed by atoms with Crippen LogP contribution in [0.2, 0.25) is 0 Å². The maximum atomic E-state index is 12.5. The average molecular weight is 404 g/mol. The Kier molecular flexibility index (Phi) is 5.96. The summed E-state index contributed by atoms with van der Waals surface area (Å²) in [5.41, 5.74) is 0.